The summed E-state index contributed by atoms with van der Waals surface area (Å²) < 4.78 is 8.08. The summed E-state index contributed by atoms with van der Waals surface area (Å²) in [6, 6.07) is 0. The average Bonchev–Trinajstić information content (AvgIpc) is 2.40. The Bertz CT molecular complexity index is 217. The van der Waals surface area contributed by atoms with Crippen LogP contribution in [0.1, 0.15) is 65.7 Å². The number of rotatable bonds is 10. The zero-order valence-electron chi connectivity index (χ0n) is 12.7. The predicted molar refractivity (Wildman–Crippen MR) is 84.4 cm³/mol. The van der Waals surface area contributed by atoms with E-state index in [0.717, 1.165) is 0 Å². The van der Waals surface area contributed by atoms with Crippen LogP contribution in [-0.4, -0.2) is 30.1 Å². The molecule has 0 aliphatic heterocycles. The van der Waals surface area contributed by atoms with Gasteiger partial charge in [0.25, 0.3) is 0 Å². The molecule has 0 amide bonds. The third kappa shape index (κ3) is 8.43. The first-order valence-electron chi connectivity index (χ1n) is 7.85. The van der Waals surface area contributed by atoms with Crippen LogP contribution in [0.5, 0.6) is 0 Å². The van der Waals surface area contributed by atoms with E-state index < -0.39 is 18.4 Å². The van der Waals surface area contributed by atoms with Crippen molar-refractivity contribution in [2.45, 2.75) is 79.0 Å². The molecule has 0 saturated heterocycles. The summed E-state index contributed by atoms with van der Waals surface area (Å²) in [6.45, 7) is 7.09. The van der Waals surface area contributed by atoms with Gasteiger partial charge in [-0.3, -0.25) is 0 Å². The predicted octanol–water partition coefficient (Wildman–Crippen LogP) is 4.76. The van der Waals surface area contributed by atoms with Crippen molar-refractivity contribution in [3.8, 4) is 9.86 Å². The molecule has 106 valence electrons. The van der Waals surface area contributed by atoms with Crippen LogP contribution in [0.4, 0.5) is 0 Å². The fraction of sp³-hybridized carbons (Fsp3) is 0.875. The molecule has 0 aromatic rings. The molecular weight excluding hydrogens is 327 g/mol. The summed E-state index contributed by atoms with van der Waals surface area (Å²) in [7, 11) is 0. The van der Waals surface area contributed by atoms with E-state index in [1.807, 2.05) is 0 Å². The molecule has 0 spiro atoms. The summed E-state index contributed by atoms with van der Waals surface area (Å²) in [4.78, 5) is 0. The number of unbranched alkanes of at least 4 members (excludes halogenated alkanes) is 3. The summed E-state index contributed by atoms with van der Waals surface area (Å²) >= 11 is -2.19. The van der Waals surface area contributed by atoms with Crippen molar-refractivity contribution in [1.29, 1.82) is 0 Å². The summed E-state index contributed by atoms with van der Waals surface area (Å²) in [5, 5.41) is 8.91. The van der Waals surface area contributed by atoms with Gasteiger partial charge in [-0.25, -0.2) is 0 Å². The fourth-order valence-electron chi connectivity index (χ4n) is 2.41. The molecule has 0 aromatic carbocycles. The fourth-order valence-corrected chi connectivity index (χ4v) is 15.9. The Morgan fingerprint density at radius 1 is 0.833 bits per heavy atom. The molecule has 0 aliphatic rings. The molecule has 2 heteroatoms. The number of aliphatic hydroxyl groups is 1. The van der Waals surface area contributed by atoms with Gasteiger partial charge < -0.3 is 0 Å². The van der Waals surface area contributed by atoms with Crippen LogP contribution in [0, 0.1) is 9.86 Å². The van der Waals surface area contributed by atoms with Crippen LogP contribution in [-0.2, 0) is 0 Å². The van der Waals surface area contributed by atoms with Crippen molar-refractivity contribution in [2.24, 2.45) is 0 Å². The second-order valence-electron chi connectivity index (χ2n) is 5.37. The van der Waals surface area contributed by atoms with E-state index in [2.05, 4.69) is 30.6 Å². The Labute approximate surface area is 119 Å². The first-order valence-corrected chi connectivity index (χ1v) is 15.3. The van der Waals surface area contributed by atoms with E-state index in [1.54, 1.807) is 0 Å². The van der Waals surface area contributed by atoms with Gasteiger partial charge in [0.05, 0.1) is 0 Å². The van der Waals surface area contributed by atoms with E-state index in [1.165, 1.54) is 51.8 Å². The first kappa shape index (κ1) is 18.3. The van der Waals surface area contributed by atoms with Gasteiger partial charge in [-0.2, -0.15) is 0 Å². The van der Waals surface area contributed by atoms with Gasteiger partial charge >= 0.3 is 119 Å². The topological polar surface area (TPSA) is 20.2 Å². The summed E-state index contributed by atoms with van der Waals surface area (Å²) in [6.07, 6.45) is 8.71. The zero-order chi connectivity index (χ0) is 13.7. The van der Waals surface area contributed by atoms with Gasteiger partial charge in [0.15, 0.2) is 0 Å². The van der Waals surface area contributed by atoms with Gasteiger partial charge in [-0.15, -0.1) is 0 Å². The van der Waals surface area contributed by atoms with Gasteiger partial charge in [0, 0.05) is 0 Å². The average molecular weight is 359 g/mol. The molecule has 0 heterocycles. The van der Waals surface area contributed by atoms with Crippen LogP contribution in [0.3, 0.4) is 0 Å². The number of hydrogen-bond acceptors (Lipinski definition) is 1. The zero-order valence-corrected chi connectivity index (χ0v) is 15.6. The van der Waals surface area contributed by atoms with Crippen molar-refractivity contribution in [3.63, 3.8) is 0 Å². The Kier molecular flexibility index (Phi) is 12.6. The molecule has 0 saturated carbocycles. The second kappa shape index (κ2) is 12.4. The molecule has 0 aromatic heterocycles. The van der Waals surface area contributed by atoms with Crippen LogP contribution in [0.15, 0.2) is 0 Å². The number of hydrogen-bond donors (Lipinski definition) is 1. The van der Waals surface area contributed by atoms with Crippen LogP contribution in [0.25, 0.3) is 0 Å². The van der Waals surface area contributed by atoms with Crippen LogP contribution in [0.2, 0.25) is 13.3 Å². The van der Waals surface area contributed by atoms with E-state index in [4.69, 9.17) is 5.11 Å². The van der Waals surface area contributed by atoms with Crippen molar-refractivity contribution < 1.29 is 5.11 Å². The van der Waals surface area contributed by atoms with Gasteiger partial charge in [-0.1, -0.05) is 0 Å². The standard InChI is InChI=1S/C4H5O.3C4H9.Sn/c1-2-3-4-5;3*1-3-4-2;/h5H,3-4H2;3*1,3-4H2,2H3;. The minimum absolute atomic E-state index is 0.226. The van der Waals surface area contributed by atoms with Crippen molar-refractivity contribution >= 4 is 18.4 Å². The molecule has 0 bridgehead atoms. The maximum absolute atomic E-state index is 8.91. The molecule has 0 aliphatic carbocycles. The van der Waals surface area contributed by atoms with E-state index in [9.17, 15) is 0 Å². The Morgan fingerprint density at radius 2 is 1.28 bits per heavy atom. The van der Waals surface area contributed by atoms with E-state index in [-0.39, 0.29) is 6.61 Å². The van der Waals surface area contributed by atoms with Crippen LogP contribution < -0.4 is 0 Å². The SMILES string of the molecule is CCC[CH2][Sn]([C]#CCCO)([CH2]CCC)[CH2]CCC. The number of aliphatic hydroxyl groups excluding tert-OH is 1. The Hall–Kier alpha value is 0.319. The first-order chi connectivity index (χ1) is 8.74. The molecule has 18 heavy (non-hydrogen) atoms. The Balaban J connectivity index is 4.69. The van der Waals surface area contributed by atoms with Crippen LogP contribution >= 0.6 is 0 Å². The maximum atomic E-state index is 8.91. The molecular formula is C16H32OSn. The molecule has 0 unspecified atom stereocenters. The molecule has 1 N–H and O–H groups in total. The van der Waals surface area contributed by atoms with E-state index in [0.29, 0.717) is 6.42 Å². The van der Waals surface area contributed by atoms with Gasteiger partial charge in [0.2, 0.25) is 0 Å². The van der Waals surface area contributed by atoms with E-state index >= 15 is 0 Å². The molecule has 1 nitrogen and oxygen atoms in total. The monoisotopic (exact) mass is 360 g/mol. The summed E-state index contributed by atoms with van der Waals surface area (Å²) in [5.74, 6) is 3.30. The van der Waals surface area contributed by atoms with Crippen molar-refractivity contribution in [2.75, 3.05) is 6.61 Å². The van der Waals surface area contributed by atoms with Gasteiger partial charge in [0.1, 0.15) is 0 Å². The van der Waals surface area contributed by atoms with Crippen molar-refractivity contribution in [1.82, 2.24) is 0 Å². The molecule has 0 radical (unpaired) electrons. The molecule has 0 rings (SSSR count). The molecule has 0 fully saturated rings. The summed E-state index contributed by atoms with van der Waals surface area (Å²) in [5.41, 5.74) is 0. The van der Waals surface area contributed by atoms with Gasteiger partial charge in [-0.05, 0) is 0 Å². The third-order valence-electron chi connectivity index (χ3n) is 3.62. The third-order valence-corrected chi connectivity index (χ3v) is 16.9. The van der Waals surface area contributed by atoms with Crippen molar-refractivity contribution in [3.05, 3.63) is 0 Å². The minimum atomic E-state index is -2.19. The second-order valence-corrected chi connectivity index (χ2v) is 17.7. The quantitative estimate of drug-likeness (QED) is 0.441. The normalized spacial score (nSPS) is 11.1. The Morgan fingerprint density at radius 3 is 1.61 bits per heavy atom. The molecule has 0 atom stereocenters.